The molecule has 0 saturated heterocycles. The van der Waals surface area contributed by atoms with Crippen LogP contribution in [0.2, 0.25) is 0 Å². The van der Waals surface area contributed by atoms with Gasteiger partial charge in [-0.25, -0.2) is 0 Å². The van der Waals surface area contributed by atoms with Gasteiger partial charge in [0.1, 0.15) is 5.01 Å². The molecule has 0 spiro atoms. The van der Waals surface area contributed by atoms with Gasteiger partial charge in [-0.2, -0.15) is 0 Å². The van der Waals surface area contributed by atoms with Crippen molar-refractivity contribution >= 4 is 28.8 Å². The number of para-hydroxylation sites is 1. The van der Waals surface area contributed by atoms with E-state index in [1.54, 1.807) is 0 Å². The number of carbonyl (C=O) groups excluding carboxylic acids is 2. The number of nitrogens with one attached hydrogen (secondary N) is 2. The first-order chi connectivity index (χ1) is 12.0. The van der Waals surface area contributed by atoms with Crippen LogP contribution in [0.5, 0.6) is 0 Å². The van der Waals surface area contributed by atoms with Gasteiger partial charge in [-0.1, -0.05) is 29.5 Å². The molecule has 0 saturated carbocycles. The number of hydrogen-bond donors (Lipinski definition) is 2. The Morgan fingerprint density at radius 2 is 1.92 bits per heavy atom. The van der Waals surface area contributed by atoms with Gasteiger partial charge in [-0.05, 0) is 32.6 Å². The molecule has 0 aliphatic heterocycles. The van der Waals surface area contributed by atoms with Crippen molar-refractivity contribution in [2.24, 2.45) is 0 Å². The molecule has 25 heavy (non-hydrogen) atoms. The van der Waals surface area contributed by atoms with Crippen molar-refractivity contribution < 1.29 is 9.59 Å². The van der Waals surface area contributed by atoms with Crippen LogP contribution in [-0.2, 0) is 11.2 Å². The normalized spacial score (nSPS) is 10.7. The summed E-state index contributed by atoms with van der Waals surface area (Å²) < 4.78 is 0. The molecule has 0 aliphatic carbocycles. The van der Waals surface area contributed by atoms with E-state index in [1.165, 1.54) is 11.3 Å². The van der Waals surface area contributed by atoms with Crippen LogP contribution in [0, 0.1) is 0 Å². The van der Waals surface area contributed by atoms with Crippen LogP contribution in [0.25, 0.3) is 0 Å². The highest BCUT2D eigenvalue weighted by atomic mass is 32.1. The van der Waals surface area contributed by atoms with E-state index in [4.69, 9.17) is 0 Å². The number of amides is 2. The molecule has 2 N–H and O–H groups in total. The molecular weight excluding hydrogens is 338 g/mol. The number of anilines is 1. The highest BCUT2D eigenvalue weighted by Crippen LogP contribution is 2.15. The summed E-state index contributed by atoms with van der Waals surface area (Å²) in [5, 5.41) is 14.7. The predicted molar refractivity (Wildman–Crippen MR) is 98.8 cm³/mol. The van der Waals surface area contributed by atoms with Crippen LogP contribution in [0.4, 0.5) is 5.69 Å². The largest absolute Gasteiger partial charge is 0.355 e. The fourth-order valence-electron chi connectivity index (χ4n) is 2.06. The van der Waals surface area contributed by atoms with Crippen LogP contribution in [0.1, 0.15) is 27.7 Å². The first-order valence-corrected chi connectivity index (χ1v) is 8.96. The average molecular weight is 361 g/mol. The second kappa shape index (κ2) is 9.85. The summed E-state index contributed by atoms with van der Waals surface area (Å²) in [6.07, 6.45) is 1.76. The molecule has 0 atom stereocenters. The maximum Gasteiger partial charge on any atom is 0.286 e. The van der Waals surface area contributed by atoms with Crippen molar-refractivity contribution in [3.8, 4) is 0 Å². The molecule has 0 radical (unpaired) electrons. The van der Waals surface area contributed by atoms with Gasteiger partial charge < -0.3 is 15.5 Å². The quantitative estimate of drug-likeness (QED) is 0.711. The van der Waals surface area contributed by atoms with E-state index < -0.39 is 0 Å². The second-order valence-corrected chi connectivity index (χ2v) is 6.89. The third-order valence-electron chi connectivity index (χ3n) is 3.37. The minimum absolute atomic E-state index is 0.0356. The van der Waals surface area contributed by atoms with E-state index in [2.05, 4.69) is 20.8 Å². The zero-order chi connectivity index (χ0) is 18.1. The lowest BCUT2D eigenvalue weighted by molar-refractivity contribution is -0.121. The predicted octanol–water partition coefficient (Wildman–Crippen LogP) is 1.79. The van der Waals surface area contributed by atoms with Crippen molar-refractivity contribution in [2.75, 3.05) is 32.5 Å². The number of carbonyl (C=O) groups is 2. The Morgan fingerprint density at radius 3 is 2.64 bits per heavy atom. The summed E-state index contributed by atoms with van der Waals surface area (Å²) in [6.45, 7) is 1.47. The Labute approximate surface area is 151 Å². The third kappa shape index (κ3) is 6.98. The number of aryl methyl sites for hydroxylation is 1. The average Bonchev–Trinajstić information content (AvgIpc) is 3.04. The molecule has 0 bridgehead atoms. The Bertz CT molecular complexity index is 687. The lowest BCUT2D eigenvalue weighted by Crippen LogP contribution is -2.31. The van der Waals surface area contributed by atoms with E-state index in [0.717, 1.165) is 17.2 Å². The lowest BCUT2D eigenvalue weighted by Gasteiger charge is -2.09. The van der Waals surface area contributed by atoms with Gasteiger partial charge in [0.25, 0.3) is 5.91 Å². The monoisotopic (exact) mass is 361 g/mol. The topological polar surface area (TPSA) is 87.2 Å². The molecule has 2 aromatic rings. The van der Waals surface area contributed by atoms with Crippen molar-refractivity contribution in [3.63, 3.8) is 0 Å². The number of hydrogen-bond acceptors (Lipinski definition) is 6. The second-order valence-electron chi connectivity index (χ2n) is 5.83. The van der Waals surface area contributed by atoms with Crippen LogP contribution < -0.4 is 10.6 Å². The van der Waals surface area contributed by atoms with E-state index in [-0.39, 0.29) is 11.8 Å². The summed E-state index contributed by atoms with van der Waals surface area (Å²) in [5.41, 5.74) is 0.721. The minimum atomic E-state index is -0.267. The van der Waals surface area contributed by atoms with Crippen molar-refractivity contribution in [3.05, 3.63) is 40.3 Å². The fraction of sp³-hybridized carbons (Fsp3) is 0.412. The van der Waals surface area contributed by atoms with Gasteiger partial charge in [0, 0.05) is 31.6 Å². The fourth-order valence-corrected chi connectivity index (χ4v) is 2.84. The highest BCUT2D eigenvalue weighted by molar-refractivity contribution is 7.13. The molecule has 8 heteroatoms. The Balaban J connectivity index is 1.72. The van der Waals surface area contributed by atoms with E-state index in [1.807, 2.05) is 49.3 Å². The third-order valence-corrected chi connectivity index (χ3v) is 4.35. The molecule has 1 aromatic heterocycles. The molecule has 0 unspecified atom stereocenters. The molecular formula is C17H23N5O2S. The highest BCUT2D eigenvalue weighted by Gasteiger charge is 2.13. The maximum atomic E-state index is 12.1. The zero-order valence-corrected chi connectivity index (χ0v) is 15.3. The van der Waals surface area contributed by atoms with E-state index >= 15 is 0 Å². The number of nitrogens with zero attached hydrogens (tertiary/aromatic N) is 3. The summed E-state index contributed by atoms with van der Waals surface area (Å²) in [6, 6.07) is 9.22. The number of benzene rings is 1. The van der Waals surface area contributed by atoms with Gasteiger partial charge in [0.15, 0.2) is 0 Å². The zero-order valence-electron chi connectivity index (χ0n) is 14.5. The molecule has 134 valence electrons. The van der Waals surface area contributed by atoms with Gasteiger partial charge in [-0.3, -0.25) is 9.59 Å². The van der Waals surface area contributed by atoms with Crippen molar-refractivity contribution in [1.29, 1.82) is 0 Å². The molecule has 0 aliphatic rings. The number of likely N-dealkylation sites (N-methyl/N-ethyl adjacent to an activating group) is 1. The standard InChI is InChI=1S/C17H23N5O2S/c1-22(2)12-11-18-14(23)9-6-10-15-20-21-17(25-15)16(24)19-13-7-4-3-5-8-13/h3-5,7-8H,6,9-12H2,1-2H3,(H,18,23)(H,19,24). The first-order valence-electron chi connectivity index (χ1n) is 8.15. The molecule has 1 aromatic carbocycles. The van der Waals surface area contributed by atoms with Gasteiger partial charge >= 0.3 is 0 Å². The first kappa shape index (κ1) is 19.0. The summed E-state index contributed by atoms with van der Waals surface area (Å²) >= 11 is 1.26. The lowest BCUT2D eigenvalue weighted by atomic mass is 10.2. The molecule has 2 amide bonds. The summed E-state index contributed by atoms with van der Waals surface area (Å²) in [7, 11) is 3.93. The van der Waals surface area contributed by atoms with Crippen molar-refractivity contribution in [1.82, 2.24) is 20.4 Å². The van der Waals surface area contributed by atoms with Gasteiger partial charge in [0.2, 0.25) is 10.9 Å². The summed E-state index contributed by atoms with van der Waals surface area (Å²) in [4.78, 5) is 25.8. The number of aromatic nitrogens is 2. The summed E-state index contributed by atoms with van der Waals surface area (Å²) in [5.74, 6) is -0.232. The minimum Gasteiger partial charge on any atom is -0.355 e. The maximum absolute atomic E-state index is 12.1. The Hall–Kier alpha value is -2.32. The smallest absolute Gasteiger partial charge is 0.286 e. The van der Waals surface area contributed by atoms with Crippen LogP contribution in [0.3, 0.4) is 0 Å². The van der Waals surface area contributed by atoms with Gasteiger partial charge in [0.05, 0.1) is 0 Å². The SMILES string of the molecule is CN(C)CCNC(=O)CCCc1nnc(C(=O)Nc2ccccc2)s1. The van der Waals surface area contributed by atoms with Crippen LogP contribution >= 0.6 is 11.3 Å². The molecule has 2 rings (SSSR count). The van der Waals surface area contributed by atoms with Gasteiger partial charge in [-0.15, -0.1) is 10.2 Å². The Morgan fingerprint density at radius 1 is 1.16 bits per heavy atom. The van der Waals surface area contributed by atoms with E-state index in [9.17, 15) is 9.59 Å². The molecule has 1 heterocycles. The molecule has 7 nitrogen and oxygen atoms in total. The Kier molecular flexibility index (Phi) is 7.49. The van der Waals surface area contributed by atoms with Crippen LogP contribution in [0.15, 0.2) is 30.3 Å². The molecule has 0 fully saturated rings. The van der Waals surface area contributed by atoms with Crippen molar-refractivity contribution in [2.45, 2.75) is 19.3 Å². The van der Waals surface area contributed by atoms with Crippen LogP contribution in [-0.4, -0.2) is 54.1 Å². The number of rotatable bonds is 9. The van der Waals surface area contributed by atoms with E-state index in [0.29, 0.717) is 30.8 Å².